The Morgan fingerprint density at radius 2 is 1.77 bits per heavy atom. The molecule has 35 heavy (non-hydrogen) atoms. The van der Waals surface area contributed by atoms with Crippen LogP contribution >= 0.6 is 0 Å². The lowest BCUT2D eigenvalue weighted by Gasteiger charge is -2.37. The summed E-state index contributed by atoms with van der Waals surface area (Å²) < 4.78 is 0. The van der Waals surface area contributed by atoms with Crippen molar-refractivity contribution >= 4 is 34.9 Å². The third-order valence-electron chi connectivity index (χ3n) is 7.21. The van der Waals surface area contributed by atoms with Crippen LogP contribution in [-0.4, -0.2) is 72.6 Å². The largest absolute Gasteiger partial charge is 0.382 e. The number of aromatic nitrogens is 2. The van der Waals surface area contributed by atoms with Crippen molar-refractivity contribution in [3.8, 4) is 0 Å². The Morgan fingerprint density at radius 1 is 1.00 bits per heavy atom. The van der Waals surface area contributed by atoms with Gasteiger partial charge in [0, 0.05) is 68.6 Å². The van der Waals surface area contributed by atoms with E-state index in [1.165, 1.54) is 5.69 Å². The van der Waals surface area contributed by atoms with Crippen molar-refractivity contribution < 1.29 is 4.79 Å². The molecular formula is C26H30N8O. The molecule has 1 saturated heterocycles. The van der Waals surface area contributed by atoms with E-state index < -0.39 is 0 Å². The third kappa shape index (κ3) is 4.01. The zero-order valence-corrected chi connectivity index (χ0v) is 20.1. The van der Waals surface area contributed by atoms with E-state index in [4.69, 9.17) is 4.98 Å². The van der Waals surface area contributed by atoms with Crippen molar-refractivity contribution in [2.24, 2.45) is 0 Å². The number of urea groups is 1. The summed E-state index contributed by atoms with van der Waals surface area (Å²) in [6.45, 7) is 5.43. The Kier molecular flexibility index (Phi) is 5.41. The minimum absolute atomic E-state index is 0.00841. The molecule has 6 rings (SSSR count). The topological polar surface area (TPSA) is 79.9 Å². The highest BCUT2D eigenvalue weighted by molar-refractivity contribution is 5.94. The minimum Gasteiger partial charge on any atom is -0.382 e. The lowest BCUT2D eigenvalue weighted by Crippen LogP contribution is -2.47. The number of piperazine rings is 1. The van der Waals surface area contributed by atoms with Crippen LogP contribution in [0.5, 0.6) is 0 Å². The number of para-hydroxylation sites is 1. The summed E-state index contributed by atoms with van der Waals surface area (Å²) in [5.41, 5.74) is 5.32. The average Bonchev–Trinajstić information content (AvgIpc) is 3.31. The van der Waals surface area contributed by atoms with Crippen LogP contribution in [0.4, 0.5) is 33.6 Å². The van der Waals surface area contributed by atoms with Crippen LogP contribution in [0, 0.1) is 0 Å². The second-order valence-corrected chi connectivity index (χ2v) is 9.46. The van der Waals surface area contributed by atoms with Gasteiger partial charge >= 0.3 is 6.03 Å². The Hall–Kier alpha value is -3.85. The number of nitrogens with one attached hydrogen (secondary N) is 2. The first-order valence-corrected chi connectivity index (χ1v) is 12.1. The van der Waals surface area contributed by atoms with Crippen molar-refractivity contribution in [1.29, 1.82) is 0 Å². The van der Waals surface area contributed by atoms with Gasteiger partial charge in [0.15, 0.2) is 0 Å². The minimum atomic E-state index is -0.0535. The second-order valence-electron chi connectivity index (χ2n) is 9.46. The van der Waals surface area contributed by atoms with E-state index in [9.17, 15) is 4.79 Å². The van der Waals surface area contributed by atoms with Crippen molar-refractivity contribution in [3.05, 3.63) is 65.9 Å². The number of nitrogens with zero attached hydrogens (tertiary/aromatic N) is 6. The Bertz CT molecular complexity index is 1240. The summed E-state index contributed by atoms with van der Waals surface area (Å²) in [5, 5.41) is 6.71. The van der Waals surface area contributed by atoms with E-state index in [1.807, 2.05) is 23.2 Å². The van der Waals surface area contributed by atoms with Gasteiger partial charge in [-0.05, 0) is 42.9 Å². The number of benzene rings is 2. The molecule has 9 nitrogen and oxygen atoms in total. The highest BCUT2D eigenvalue weighted by Gasteiger charge is 2.37. The first-order valence-electron chi connectivity index (χ1n) is 12.1. The van der Waals surface area contributed by atoms with Gasteiger partial charge in [0.25, 0.3) is 0 Å². The normalized spacial score (nSPS) is 19.9. The molecule has 2 amide bonds. The highest BCUT2D eigenvalue weighted by Crippen LogP contribution is 2.38. The number of rotatable bonds is 4. The monoisotopic (exact) mass is 470 g/mol. The van der Waals surface area contributed by atoms with Crippen LogP contribution < -0.4 is 20.4 Å². The molecule has 1 aromatic heterocycles. The van der Waals surface area contributed by atoms with E-state index in [1.54, 1.807) is 11.9 Å². The molecule has 0 radical (unpaired) electrons. The number of hydrogen-bond acceptors (Lipinski definition) is 7. The maximum absolute atomic E-state index is 13.3. The van der Waals surface area contributed by atoms with Crippen molar-refractivity contribution in [3.63, 3.8) is 0 Å². The predicted molar refractivity (Wildman–Crippen MR) is 138 cm³/mol. The molecule has 3 aliphatic heterocycles. The Balaban J connectivity index is 1.18. The maximum atomic E-state index is 13.3. The van der Waals surface area contributed by atoms with Gasteiger partial charge in [0.05, 0.1) is 12.6 Å². The number of carbonyl (C=O) groups is 1. The van der Waals surface area contributed by atoms with Gasteiger partial charge in [0.2, 0.25) is 5.95 Å². The molecule has 0 bridgehead atoms. The fraction of sp³-hybridized carbons (Fsp3) is 0.346. The standard InChI is InChI=1S/C26H30N8O/c1-31-11-13-33(14-12-31)20-9-7-19(8-10-20)29-25-28-15-18-17-34(26(35)32(2)24(18)30-25)23-16-27-22-6-4-3-5-21(22)23/h3-10,15,23,27H,11-14,16-17H2,1-2H3,(H,28,29,30). The predicted octanol–water partition coefficient (Wildman–Crippen LogP) is 3.51. The van der Waals surface area contributed by atoms with E-state index in [2.05, 4.69) is 68.9 Å². The number of hydrogen-bond donors (Lipinski definition) is 2. The summed E-state index contributed by atoms with van der Waals surface area (Å²) in [7, 11) is 3.94. The number of anilines is 5. The van der Waals surface area contributed by atoms with Gasteiger partial charge in [-0.1, -0.05) is 18.2 Å². The number of carbonyl (C=O) groups excluding carboxylic acids is 1. The molecule has 180 valence electrons. The van der Waals surface area contributed by atoms with E-state index >= 15 is 0 Å². The van der Waals surface area contributed by atoms with Crippen molar-refractivity contribution in [2.75, 3.05) is 67.3 Å². The molecule has 0 saturated carbocycles. The zero-order chi connectivity index (χ0) is 23.9. The van der Waals surface area contributed by atoms with Gasteiger partial charge in [-0.3, -0.25) is 4.90 Å². The first kappa shape index (κ1) is 21.7. The molecule has 9 heteroatoms. The Morgan fingerprint density at radius 3 is 2.57 bits per heavy atom. The van der Waals surface area contributed by atoms with Gasteiger partial charge in [-0.2, -0.15) is 4.98 Å². The fourth-order valence-electron chi connectivity index (χ4n) is 5.13. The highest BCUT2D eigenvalue weighted by atomic mass is 16.2. The molecule has 1 unspecified atom stereocenters. The number of fused-ring (bicyclic) bond motifs is 2. The molecule has 0 spiro atoms. The molecule has 2 N–H and O–H groups in total. The van der Waals surface area contributed by atoms with E-state index in [-0.39, 0.29) is 12.1 Å². The van der Waals surface area contributed by atoms with Crippen LogP contribution in [0.3, 0.4) is 0 Å². The molecule has 0 aliphatic carbocycles. The van der Waals surface area contributed by atoms with Crippen molar-refractivity contribution in [2.45, 2.75) is 12.6 Å². The van der Waals surface area contributed by atoms with Gasteiger partial charge in [-0.15, -0.1) is 0 Å². The fourth-order valence-corrected chi connectivity index (χ4v) is 5.13. The quantitative estimate of drug-likeness (QED) is 0.604. The Labute approximate surface area is 205 Å². The molecular weight excluding hydrogens is 440 g/mol. The number of likely N-dealkylation sites (N-methyl/N-ethyl adjacent to an activating group) is 1. The third-order valence-corrected chi connectivity index (χ3v) is 7.21. The summed E-state index contributed by atoms with van der Waals surface area (Å²) >= 11 is 0. The summed E-state index contributed by atoms with van der Waals surface area (Å²) in [4.78, 5) is 30.8. The number of amides is 2. The van der Waals surface area contributed by atoms with Crippen LogP contribution in [0.15, 0.2) is 54.7 Å². The van der Waals surface area contributed by atoms with Crippen LogP contribution in [0.2, 0.25) is 0 Å². The van der Waals surface area contributed by atoms with Gasteiger partial charge in [-0.25, -0.2) is 9.78 Å². The lowest BCUT2D eigenvalue weighted by atomic mass is 10.1. The molecule has 3 aromatic rings. The van der Waals surface area contributed by atoms with Crippen LogP contribution in [0.25, 0.3) is 0 Å². The molecule has 4 heterocycles. The summed E-state index contributed by atoms with van der Waals surface area (Å²) in [6.07, 6.45) is 1.83. The molecule has 2 aromatic carbocycles. The smallest absolute Gasteiger partial charge is 0.326 e. The average molecular weight is 471 g/mol. The van der Waals surface area contributed by atoms with Gasteiger partial charge < -0.3 is 25.3 Å². The van der Waals surface area contributed by atoms with Crippen LogP contribution in [0.1, 0.15) is 17.2 Å². The summed E-state index contributed by atoms with van der Waals surface area (Å²) in [5.74, 6) is 1.13. The second kappa shape index (κ2) is 8.74. The molecule has 1 atom stereocenters. The van der Waals surface area contributed by atoms with Crippen molar-refractivity contribution in [1.82, 2.24) is 19.8 Å². The SMILES string of the molecule is CN1CCN(c2ccc(Nc3ncc4c(n3)N(C)C(=O)N(C3CNc5ccccc53)C4)cc2)CC1. The maximum Gasteiger partial charge on any atom is 0.326 e. The first-order chi connectivity index (χ1) is 17.1. The van der Waals surface area contributed by atoms with E-state index in [0.717, 1.165) is 48.7 Å². The lowest BCUT2D eigenvalue weighted by molar-refractivity contribution is 0.179. The molecule has 3 aliphatic rings. The van der Waals surface area contributed by atoms with Crippen LogP contribution in [-0.2, 0) is 6.54 Å². The summed E-state index contributed by atoms with van der Waals surface area (Å²) in [6, 6.07) is 16.5. The zero-order valence-electron chi connectivity index (χ0n) is 20.1. The van der Waals surface area contributed by atoms with E-state index in [0.29, 0.717) is 24.9 Å². The van der Waals surface area contributed by atoms with Gasteiger partial charge in [0.1, 0.15) is 5.82 Å². The molecule has 1 fully saturated rings.